The zero-order valence-electron chi connectivity index (χ0n) is 28.5. The third-order valence-electron chi connectivity index (χ3n) is 7.12. The van der Waals surface area contributed by atoms with Crippen molar-refractivity contribution in [3.8, 4) is 0 Å². The zero-order valence-corrected chi connectivity index (χ0v) is 28.5. The van der Waals surface area contributed by atoms with Gasteiger partial charge in [-0.2, -0.15) is 0 Å². The van der Waals surface area contributed by atoms with Gasteiger partial charge in [-0.05, 0) is 74.3 Å². The Labute approximate surface area is 275 Å². The Morgan fingerprint density at radius 3 is 0.894 bits per heavy atom. The van der Waals surface area contributed by atoms with Gasteiger partial charge in [-0.25, -0.2) is 0 Å². The number of likely N-dealkylation sites (N-methyl/N-ethyl adjacent to an activating group) is 1. The van der Waals surface area contributed by atoms with Gasteiger partial charge in [-0.1, -0.05) is 0 Å². The van der Waals surface area contributed by atoms with E-state index in [1.807, 2.05) is 0 Å². The number of ketones is 6. The van der Waals surface area contributed by atoms with Crippen LogP contribution in [0.4, 0.5) is 0 Å². The first kappa shape index (κ1) is 42.9. The number of hydrogen-bond donors (Lipinski definition) is 5. The SMILES string of the molecule is CNC(CCC(C)=O)C(=O)NC(CCC(C)=O)C(=O)NC(CCC(C)=O)C(=O)NC(CCC(C)=O)C(=O)NC(CC(C)=O)CC(C)=O. The fourth-order valence-corrected chi connectivity index (χ4v) is 4.59. The van der Waals surface area contributed by atoms with Gasteiger partial charge in [0.1, 0.15) is 52.8 Å². The van der Waals surface area contributed by atoms with Gasteiger partial charge in [0.15, 0.2) is 0 Å². The van der Waals surface area contributed by atoms with E-state index in [4.69, 9.17) is 0 Å². The van der Waals surface area contributed by atoms with Gasteiger partial charge in [-0.15, -0.1) is 0 Å². The minimum Gasteiger partial charge on any atom is -0.351 e. The van der Waals surface area contributed by atoms with E-state index in [9.17, 15) is 47.9 Å². The van der Waals surface area contributed by atoms with Crippen LogP contribution in [0.25, 0.3) is 0 Å². The summed E-state index contributed by atoms with van der Waals surface area (Å²) in [5.74, 6) is -4.53. The Bertz CT molecular complexity index is 1170. The Hall–Kier alpha value is -4.14. The summed E-state index contributed by atoms with van der Waals surface area (Å²) < 4.78 is 0. The molecule has 0 saturated carbocycles. The molecule has 0 bridgehead atoms. The van der Waals surface area contributed by atoms with Crippen molar-refractivity contribution in [3.05, 3.63) is 0 Å². The molecule has 0 fully saturated rings. The van der Waals surface area contributed by atoms with Crippen LogP contribution in [-0.2, 0) is 47.9 Å². The van der Waals surface area contributed by atoms with Crippen molar-refractivity contribution in [2.24, 2.45) is 0 Å². The maximum absolute atomic E-state index is 13.5. The first-order valence-corrected chi connectivity index (χ1v) is 15.7. The van der Waals surface area contributed by atoms with Crippen LogP contribution in [0, 0.1) is 0 Å². The van der Waals surface area contributed by atoms with Crippen LogP contribution in [-0.4, -0.2) is 95.6 Å². The molecule has 4 unspecified atom stereocenters. The molecule has 0 aromatic heterocycles. The lowest BCUT2D eigenvalue weighted by molar-refractivity contribution is -0.135. The Kier molecular flexibility index (Phi) is 20.4. The summed E-state index contributed by atoms with van der Waals surface area (Å²) >= 11 is 0. The molecule has 0 heterocycles. The number of nitrogens with one attached hydrogen (secondary N) is 5. The van der Waals surface area contributed by atoms with Crippen molar-refractivity contribution < 1.29 is 47.9 Å². The van der Waals surface area contributed by atoms with Crippen LogP contribution in [0.15, 0.2) is 0 Å². The van der Waals surface area contributed by atoms with E-state index in [2.05, 4.69) is 26.6 Å². The van der Waals surface area contributed by atoms with E-state index >= 15 is 0 Å². The van der Waals surface area contributed by atoms with E-state index < -0.39 is 53.8 Å². The van der Waals surface area contributed by atoms with Crippen LogP contribution in [0.3, 0.4) is 0 Å². The summed E-state index contributed by atoms with van der Waals surface area (Å²) in [6.45, 7) is 7.88. The molecule has 4 amide bonds. The molecule has 0 aromatic rings. The van der Waals surface area contributed by atoms with Crippen molar-refractivity contribution >= 4 is 58.3 Å². The van der Waals surface area contributed by atoms with Gasteiger partial charge < -0.3 is 45.8 Å². The first-order chi connectivity index (χ1) is 21.9. The van der Waals surface area contributed by atoms with Crippen molar-refractivity contribution in [2.45, 2.75) is 136 Å². The molecule has 264 valence electrons. The molecule has 47 heavy (non-hydrogen) atoms. The zero-order chi connectivity index (χ0) is 36.3. The van der Waals surface area contributed by atoms with E-state index in [0.717, 1.165) is 0 Å². The fraction of sp³-hybridized carbons (Fsp3) is 0.688. The molecule has 15 heteroatoms. The summed E-state index contributed by atoms with van der Waals surface area (Å²) in [4.78, 5) is 123. The van der Waals surface area contributed by atoms with Crippen molar-refractivity contribution in [1.29, 1.82) is 0 Å². The molecular formula is C32H51N5O10. The highest BCUT2D eigenvalue weighted by Gasteiger charge is 2.32. The number of Topliss-reactive ketones (excluding diaryl/α,β-unsaturated/α-hetero) is 6. The van der Waals surface area contributed by atoms with Gasteiger partial charge in [0, 0.05) is 44.6 Å². The summed E-state index contributed by atoms with van der Waals surface area (Å²) in [6.07, 6.45) is -0.693. The molecule has 0 radical (unpaired) electrons. The first-order valence-electron chi connectivity index (χ1n) is 15.7. The normalized spacial score (nSPS) is 13.4. The topological polar surface area (TPSA) is 231 Å². The smallest absolute Gasteiger partial charge is 0.243 e. The largest absolute Gasteiger partial charge is 0.351 e. The Morgan fingerprint density at radius 2 is 0.638 bits per heavy atom. The lowest BCUT2D eigenvalue weighted by Gasteiger charge is -2.27. The molecule has 5 N–H and O–H groups in total. The Balaban J connectivity index is 6.16. The molecule has 0 aliphatic heterocycles. The van der Waals surface area contributed by atoms with Gasteiger partial charge in [0.05, 0.1) is 6.04 Å². The quantitative estimate of drug-likeness (QED) is 0.0868. The van der Waals surface area contributed by atoms with Crippen molar-refractivity contribution in [2.75, 3.05) is 7.05 Å². The lowest BCUT2D eigenvalue weighted by atomic mass is 10.0. The number of carbonyl (C=O) groups is 10. The molecule has 0 aromatic carbocycles. The lowest BCUT2D eigenvalue weighted by Crippen LogP contribution is -2.58. The Morgan fingerprint density at radius 1 is 0.383 bits per heavy atom. The van der Waals surface area contributed by atoms with Gasteiger partial charge >= 0.3 is 0 Å². The van der Waals surface area contributed by atoms with E-state index in [1.165, 1.54) is 48.6 Å². The van der Waals surface area contributed by atoms with Crippen LogP contribution in [0.2, 0.25) is 0 Å². The van der Waals surface area contributed by atoms with Crippen LogP contribution < -0.4 is 26.6 Å². The second-order valence-electron chi connectivity index (χ2n) is 12.0. The molecule has 0 rings (SSSR count). The molecule has 0 aliphatic rings. The third kappa shape index (κ3) is 19.9. The van der Waals surface area contributed by atoms with Crippen molar-refractivity contribution in [3.63, 3.8) is 0 Å². The highest BCUT2D eigenvalue weighted by molar-refractivity contribution is 5.96. The molecule has 15 nitrogen and oxygen atoms in total. The minimum atomic E-state index is -1.36. The average molecular weight is 666 g/mol. The predicted molar refractivity (Wildman–Crippen MR) is 171 cm³/mol. The maximum atomic E-state index is 13.5. The third-order valence-corrected chi connectivity index (χ3v) is 7.12. The van der Waals surface area contributed by atoms with Gasteiger partial charge in [-0.3, -0.25) is 28.8 Å². The van der Waals surface area contributed by atoms with Gasteiger partial charge in [0.2, 0.25) is 23.6 Å². The predicted octanol–water partition coefficient (Wildman–Crippen LogP) is -0.0514. The molecule has 0 saturated heterocycles. The number of carbonyl (C=O) groups excluding carboxylic acids is 10. The summed E-state index contributed by atoms with van der Waals surface area (Å²) in [6, 6.07) is -5.58. The highest BCUT2D eigenvalue weighted by atomic mass is 16.2. The van der Waals surface area contributed by atoms with E-state index in [1.54, 1.807) is 0 Å². The fourth-order valence-electron chi connectivity index (χ4n) is 4.59. The minimum absolute atomic E-state index is 0.0741. The standard InChI is InChI=1S/C32H51N5O10/c1-18(38)8-12-25(33-7)29(44)35-27(14-10-20(3)40)31(46)37-28(15-11-21(4)41)32(47)36-26(13-9-19(2)39)30(45)34-24(16-22(5)42)17-23(6)43/h24-28,33H,8-17H2,1-7H3,(H,34,45)(H,35,44)(H,36,47)(H,37,46). The number of amides is 4. The second kappa shape index (κ2) is 22.4. The maximum Gasteiger partial charge on any atom is 0.243 e. The van der Waals surface area contributed by atoms with Crippen LogP contribution in [0.5, 0.6) is 0 Å². The molecule has 4 atom stereocenters. The average Bonchev–Trinajstić information content (AvgIpc) is 2.94. The van der Waals surface area contributed by atoms with Crippen LogP contribution >= 0.6 is 0 Å². The summed E-state index contributed by atoms with van der Waals surface area (Å²) in [7, 11) is 1.51. The highest BCUT2D eigenvalue weighted by Crippen LogP contribution is 2.09. The summed E-state index contributed by atoms with van der Waals surface area (Å²) in [5.41, 5.74) is 0. The summed E-state index contributed by atoms with van der Waals surface area (Å²) in [5, 5.41) is 13.0. The monoisotopic (exact) mass is 665 g/mol. The number of rotatable bonds is 25. The number of hydrogen-bond acceptors (Lipinski definition) is 11. The van der Waals surface area contributed by atoms with E-state index in [0.29, 0.717) is 0 Å². The van der Waals surface area contributed by atoms with Gasteiger partial charge in [0.25, 0.3) is 0 Å². The molecule has 0 spiro atoms. The van der Waals surface area contributed by atoms with Crippen LogP contribution in [0.1, 0.15) is 106 Å². The molecular weight excluding hydrogens is 614 g/mol. The van der Waals surface area contributed by atoms with Crippen molar-refractivity contribution in [1.82, 2.24) is 26.6 Å². The molecule has 0 aliphatic carbocycles. The van der Waals surface area contributed by atoms with E-state index in [-0.39, 0.29) is 98.9 Å². The second-order valence-corrected chi connectivity index (χ2v) is 12.0.